The van der Waals surface area contributed by atoms with Gasteiger partial charge in [0.1, 0.15) is 5.75 Å². The predicted molar refractivity (Wildman–Crippen MR) is 119 cm³/mol. The van der Waals surface area contributed by atoms with E-state index in [1.165, 1.54) is 36.4 Å². The van der Waals surface area contributed by atoms with Crippen LogP contribution in [0.15, 0.2) is 77.7 Å². The number of nitrogens with one attached hydrogen (secondary N) is 2. The van der Waals surface area contributed by atoms with E-state index >= 15 is 0 Å². The van der Waals surface area contributed by atoms with Gasteiger partial charge in [-0.1, -0.05) is 36.4 Å². The van der Waals surface area contributed by atoms with Gasteiger partial charge in [-0.15, -0.1) is 0 Å². The molecule has 0 fully saturated rings. The summed E-state index contributed by atoms with van der Waals surface area (Å²) in [5.74, 6) is -0.201. The number of amides is 1. The summed E-state index contributed by atoms with van der Waals surface area (Å²) in [5.41, 5.74) is 1.69. The number of nitrogens with zero attached hydrogens (tertiary/aromatic N) is 1. The van der Waals surface area contributed by atoms with Crippen molar-refractivity contribution in [2.24, 2.45) is 0 Å². The Morgan fingerprint density at radius 3 is 2.38 bits per heavy atom. The van der Waals surface area contributed by atoms with Crippen LogP contribution in [0.25, 0.3) is 0 Å². The van der Waals surface area contributed by atoms with E-state index in [0.29, 0.717) is 17.0 Å². The smallest absolute Gasteiger partial charge is 0.271 e. The van der Waals surface area contributed by atoms with Crippen molar-refractivity contribution in [2.75, 3.05) is 11.9 Å². The van der Waals surface area contributed by atoms with Crippen molar-refractivity contribution in [1.82, 2.24) is 4.72 Å². The van der Waals surface area contributed by atoms with Crippen molar-refractivity contribution in [1.29, 1.82) is 0 Å². The maximum Gasteiger partial charge on any atom is 0.271 e. The molecular formula is C22H21N3O6S. The van der Waals surface area contributed by atoms with Crippen LogP contribution in [0.1, 0.15) is 11.1 Å². The van der Waals surface area contributed by atoms with Gasteiger partial charge in [-0.3, -0.25) is 14.9 Å². The van der Waals surface area contributed by atoms with Crippen molar-refractivity contribution in [3.05, 3.63) is 94.0 Å². The quantitative estimate of drug-likeness (QED) is 0.376. The number of nitro groups is 1. The Kier molecular flexibility index (Phi) is 7.18. The highest BCUT2D eigenvalue weighted by Crippen LogP contribution is 2.22. The van der Waals surface area contributed by atoms with E-state index in [4.69, 9.17) is 4.74 Å². The average molecular weight is 455 g/mol. The Hall–Kier alpha value is -3.76. The third-order valence-corrected chi connectivity index (χ3v) is 5.94. The number of hydrogen-bond donors (Lipinski definition) is 2. The van der Waals surface area contributed by atoms with Crippen LogP contribution in [-0.4, -0.2) is 25.9 Å². The van der Waals surface area contributed by atoms with Crippen LogP contribution in [0, 0.1) is 17.0 Å². The lowest BCUT2D eigenvalue weighted by Crippen LogP contribution is -2.23. The van der Waals surface area contributed by atoms with E-state index in [0.717, 1.165) is 5.56 Å². The van der Waals surface area contributed by atoms with Gasteiger partial charge < -0.3 is 10.1 Å². The summed E-state index contributed by atoms with van der Waals surface area (Å²) in [6.07, 6.45) is 0. The van der Waals surface area contributed by atoms with Crippen LogP contribution < -0.4 is 14.8 Å². The minimum absolute atomic E-state index is 0.0671. The number of carbonyl (C=O) groups excluding carboxylic acids is 1. The second-order valence-corrected chi connectivity index (χ2v) is 8.64. The average Bonchev–Trinajstić information content (AvgIpc) is 2.79. The third kappa shape index (κ3) is 6.13. The molecule has 2 N–H and O–H groups in total. The summed E-state index contributed by atoms with van der Waals surface area (Å²) in [5, 5.41) is 13.5. The molecule has 0 aliphatic rings. The van der Waals surface area contributed by atoms with Gasteiger partial charge in [0.15, 0.2) is 6.61 Å². The van der Waals surface area contributed by atoms with Crippen LogP contribution in [0.5, 0.6) is 5.75 Å². The SMILES string of the molecule is Cc1ccc([N+](=O)[O-])cc1NC(=O)COc1ccc(S(=O)(=O)NCc2ccccc2)cc1. The lowest BCUT2D eigenvalue weighted by atomic mass is 10.2. The van der Waals surface area contributed by atoms with Gasteiger partial charge in [-0.25, -0.2) is 13.1 Å². The Balaban J connectivity index is 1.56. The Bertz CT molecular complexity index is 1210. The normalized spacial score (nSPS) is 11.0. The van der Waals surface area contributed by atoms with Crippen molar-refractivity contribution in [3.63, 3.8) is 0 Å². The van der Waals surface area contributed by atoms with Crippen molar-refractivity contribution < 1.29 is 22.9 Å². The van der Waals surface area contributed by atoms with E-state index in [9.17, 15) is 23.3 Å². The molecule has 10 heteroatoms. The summed E-state index contributed by atoms with van der Waals surface area (Å²) in [4.78, 5) is 22.6. The topological polar surface area (TPSA) is 128 Å². The number of non-ortho nitro benzene ring substituents is 1. The zero-order chi connectivity index (χ0) is 23.1. The van der Waals surface area contributed by atoms with E-state index in [1.54, 1.807) is 13.0 Å². The zero-order valence-corrected chi connectivity index (χ0v) is 18.0. The molecule has 0 aromatic heterocycles. The van der Waals surface area contributed by atoms with Gasteiger partial charge >= 0.3 is 0 Å². The largest absolute Gasteiger partial charge is 0.484 e. The van der Waals surface area contributed by atoms with E-state index in [-0.39, 0.29) is 23.7 Å². The van der Waals surface area contributed by atoms with Crippen LogP contribution in [0.2, 0.25) is 0 Å². The van der Waals surface area contributed by atoms with E-state index in [2.05, 4.69) is 10.0 Å². The number of carbonyl (C=O) groups is 1. The Morgan fingerprint density at radius 1 is 1.03 bits per heavy atom. The lowest BCUT2D eigenvalue weighted by Gasteiger charge is -2.10. The van der Waals surface area contributed by atoms with Crippen molar-refractivity contribution in [3.8, 4) is 5.75 Å². The number of benzene rings is 3. The zero-order valence-electron chi connectivity index (χ0n) is 17.1. The molecule has 0 spiro atoms. The maximum atomic E-state index is 12.4. The molecule has 3 aromatic carbocycles. The molecule has 3 aromatic rings. The highest BCUT2D eigenvalue weighted by molar-refractivity contribution is 7.89. The number of rotatable bonds is 9. The molecule has 0 saturated heterocycles. The summed E-state index contributed by atoms with van der Waals surface area (Å²) in [6.45, 7) is 1.53. The third-order valence-electron chi connectivity index (χ3n) is 4.52. The first kappa shape index (κ1) is 22.9. The molecular weight excluding hydrogens is 434 g/mol. The minimum atomic E-state index is -3.70. The van der Waals surface area contributed by atoms with Gasteiger partial charge in [-0.2, -0.15) is 0 Å². The molecule has 3 rings (SSSR count). The fourth-order valence-corrected chi connectivity index (χ4v) is 3.78. The standard InChI is InChI=1S/C22H21N3O6S/c1-16-7-8-18(25(27)28)13-21(16)24-22(26)15-31-19-9-11-20(12-10-19)32(29,30)23-14-17-5-3-2-4-6-17/h2-13,23H,14-15H2,1H3,(H,24,26). The summed E-state index contributed by atoms with van der Waals surface area (Å²) in [6, 6.07) is 19.0. The Labute approximate surface area is 185 Å². The number of aryl methyl sites for hydroxylation is 1. The number of sulfonamides is 1. The van der Waals surface area contributed by atoms with E-state index in [1.807, 2.05) is 30.3 Å². The van der Waals surface area contributed by atoms with Crippen LogP contribution in [0.4, 0.5) is 11.4 Å². The van der Waals surface area contributed by atoms with Gasteiger partial charge in [0.2, 0.25) is 10.0 Å². The highest BCUT2D eigenvalue weighted by atomic mass is 32.2. The molecule has 0 radical (unpaired) electrons. The number of hydrogen-bond acceptors (Lipinski definition) is 6. The monoisotopic (exact) mass is 455 g/mol. The number of anilines is 1. The molecule has 9 nitrogen and oxygen atoms in total. The first-order valence-corrected chi connectivity index (χ1v) is 11.0. The maximum absolute atomic E-state index is 12.4. The lowest BCUT2D eigenvalue weighted by molar-refractivity contribution is -0.384. The van der Waals surface area contributed by atoms with Crippen LogP contribution >= 0.6 is 0 Å². The highest BCUT2D eigenvalue weighted by Gasteiger charge is 2.15. The summed E-state index contributed by atoms with van der Waals surface area (Å²) >= 11 is 0. The van der Waals surface area contributed by atoms with Crippen LogP contribution in [-0.2, 0) is 21.4 Å². The molecule has 1 amide bonds. The molecule has 0 saturated carbocycles. The molecule has 0 heterocycles. The van der Waals surface area contributed by atoms with Gasteiger partial charge in [-0.05, 0) is 42.3 Å². The predicted octanol–water partition coefficient (Wildman–Crippen LogP) is 3.40. The summed E-state index contributed by atoms with van der Waals surface area (Å²) in [7, 11) is -3.70. The van der Waals surface area contributed by atoms with Gasteiger partial charge in [0.25, 0.3) is 11.6 Å². The fraction of sp³-hybridized carbons (Fsp3) is 0.136. The second-order valence-electron chi connectivity index (χ2n) is 6.87. The Morgan fingerprint density at radius 2 is 1.72 bits per heavy atom. The van der Waals surface area contributed by atoms with Crippen molar-refractivity contribution in [2.45, 2.75) is 18.4 Å². The number of nitro benzene ring substituents is 1. The van der Waals surface area contributed by atoms with Crippen LogP contribution in [0.3, 0.4) is 0 Å². The minimum Gasteiger partial charge on any atom is -0.484 e. The van der Waals surface area contributed by atoms with Gasteiger partial charge in [0.05, 0.1) is 15.5 Å². The van der Waals surface area contributed by atoms with E-state index < -0.39 is 20.9 Å². The van der Waals surface area contributed by atoms with Crippen molar-refractivity contribution >= 4 is 27.3 Å². The fourth-order valence-electron chi connectivity index (χ4n) is 2.77. The molecule has 0 atom stereocenters. The van der Waals surface area contributed by atoms with Gasteiger partial charge in [0, 0.05) is 18.7 Å². The second kappa shape index (κ2) is 10.0. The molecule has 0 bridgehead atoms. The molecule has 0 unspecified atom stereocenters. The molecule has 0 aliphatic heterocycles. The first-order valence-electron chi connectivity index (χ1n) is 9.56. The number of ether oxygens (including phenoxy) is 1. The molecule has 0 aliphatic carbocycles. The molecule has 166 valence electrons. The summed E-state index contributed by atoms with van der Waals surface area (Å²) < 4.78 is 32.8. The molecule has 32 heavy (non-hydrogen) atoms. The first-order chi connectivity index (χ1) is 15.2.